The number of aromatic nitrogens is 3. The molecule has 5 heteroatoms. The fraction of sp³-hybridized carbons (Fsp3) is 0. The summed E-state index contributed by atoms with van der Waals surface area (Å²) in [5, 5.41) is 5.60. The fourth-order valence-corrected chi connectivity index (χ4v) is 1.80. The Kier molecular flexibility index (Phi) is 2.23. The van der Waals surface area contributed by atoms with Crippen LogP contribution in [-0.4, -0.2) is 14.8 Å². The van der Waals surface area contributed by atoms with Crippen molar-refractivity contribution in [2.24, 2.45) is 0 Å². The number of para-hydroxylation sites is 1. The van der Waals surface area contributed by atoms with Crippen molar-refractivity contribution in [3.8, 4) is 5.82 Å². The summed E-state index contributed by atoms with van der Waals surface area (Å²) < 4.78 is 1.57. The molecule has 0 aliphatic rings. The summed E-state index contributed by atoms with van der Waals surface area (Å²) in [7, 11) is 0. The molecule has 3 rings (SSSR count). The Morgan fingerprint density at radius 1 is 1.12 bits per heavy atom. The van der Waals surface area contributed by atoms with Crippen LogP contribution in [0.25, 0.3) is 16.7 Å². The van der Waals surface area contributed by atoms with Gasteiger partial charge in [-0.05, 0) is 18.2 Å². The number of fused-ring (bicyclic) bond motifs is 1. The van der Waals surface area contributed by atoms with E-state index in [1.54, 1.807) is 10.9 Å². The minimum Gasteiger partial charge on any atom is -0.381 e. The largest absolute Gasteiger partial charge is 0.381 e. The lowest BCUT2D eigenvalue weighted by atomic mass is 10.2. The third kappa shape index (κ3) is 1.72. The second kappa shape index (κ2) is 3.75. The summed E-state index contributed by atoms with van der Waals surface area (Å²) in [6, 6.07) is 11.8. The van der Waals surface area contributed by atoms with Gasteiger partial charge in [0.05, 0.1) is 11.7 Å². The standard InChI is InChI=1S/C12H9ClN4/c13-9-7-17(16-12(9)14)11-6-5-8-3-1-2-4-10(8)15-11/h1-7H,(H2,14,16). The number of nitrogens with zero attached hydrogens (tertiary/aromatic N) is 3. The Labute approximate surface area is 103 Å². The Balaban J connectivity index is 2.17. The molecule has 0 spiro atoms. The zero-order chi connectivity index (χ0) is 11.8. The minimum atomic E-state index is 0.307. The van der Waals surface area contributed by atoms with E-state index in [1.165, 1.54) is 0 Å². The van der Waals surface area contributed by atoms with Gasteiger partial charge in [0.2, 0.25) is 0 Å². The van der Waals surface area contributed by atoms with E-state index in [2.05, 4.69) is 10.1 Å². The Morgan fingerprint density at radius 3 is 2.71 bits per heavy atom. The highest BCUT2D eigenvalue weighted by atomic mass is 35.5. The molecule has 17 heavy (non-hydrogen) atoms. The maximum Gasteiger partial charge on any atom is 0.164 e. The van der Waals surface area contributed by atoms with Gasteiger partial charge >= 0.3 is 0 Å². The molecule has 84 valence electrons. The van der Waals surface area contributed by atoms with Gasteiger partial charge in [-0.15, -0.1) is 5.10 Å². The van der Waals surface area contributed by atoms with Crippen molar-refractivity contribution >= 4 is 28.3 Å². The highest BCUT2D eigenvalue weighted by Gasteiger charge is 2.06. The van der Waals surface area contributed by atoms with Gasteiger partial charge in [0, 0.05) is 5.39 Å². The zero-order valence-electron chi connectivity index (χ0n) is 8.84. The van der Waals surface area contributed by atoms with Crippen LogP contribution in [0.2, 0.25) is 5.02 Å². The van der Waals surface area contributed by atoms with Crippen LogP contribution < -0.4 is 5.73 Å². The number of halogens is 1. The molecule has 0 aliphatic carbocycles. The molecule has 2 N–H and O–H groups in total. The Hall–Kier alpha value is -2.07. The molecular formula is C12H9ClN4. The first-order chi connectivity index (χ1) is 8.24. The Morgan fingerprint density at radius 2 is 1.94 bits per heavy atom. The quantitative estimate of drug-likeness (QED) is 0.716. The molecule has 0 saturated heterocycles. The van der Waals surface area contributed by atoms with E-state index in [1.807, 2.05) is 36.4 Å². The van der Waals surface area contributed by atoms with Crippen LogP contribution in [0.15, 0.2) is 42.6 Å². The van der Waals surface area contributed by atoms with Crippen LogP contribution in [0.1, 0.15) is 0 Å². The summed E-state index contributed by atoms with van der Waals surface area (Å²) in [6.07, 6.45) is 1.65. The molecule has 0 saturated carbocycles. The summed E-state index contributed by atoms with van der Waals surface area (Å²) in [5.41, 5.74) is 6.51. The average molecular weight is 245 g/mol. The first-order valence-electron chi connectivity index (χ1n) is 5.11. The number of hydrogen-bond acceptors (Lipinski definition) is 3. The number of pyridine rings is 1. The zero-order valence-corrected chi connectivity index (χ0v) is 9.59. The maximum atomic E-state index is 5.86. The van der Waals surface area contributed by atoms with Crippen LogP contribution in [0.5, 0.6) is 0 Å². The van der Waals surface area contributed by atoms with Crippen molar-refractivity contribution in [3.63, 3.8) is 0 Å². The minimum absolute atomic E-state index is 0.307. The molecule has 2 heterocycles. The number of nitrogens with two attached hydrogens (primary N) is 1. The molecule has 2 aromatic heterocycles. The molecule has 0 radical (unpaired) electrons. The van der Waals surface area contributed by atoms with E-state index < -0.39 is 0 Å². The van der Waals surface area contributed by atoms with Crippen molar-refractivity contribution in [3.05, 3.63) is 47.6 Å². The van der Waals surface area contributed by atoms with Crippen LogP contribution in [0.3, 0.4) is 0 Å². The first kappa shape index (κ1) is 10.1. The number of nitrogen functional groups attached to an aromatic ring is 1. The lowest BCUT2D eigenvalue weighted by Crippen LogP contribution is -1.99. The topological polar surface area (TPSA) is 56.7 Å². The third-order valence-corrected chi connectivity index (χ3v) is 2.81. The van der Waals surface area contributed by atoms with Crippen molar-refractivity contribution in [1.29, 1.82) is 0 Å². The highest BCUT2D eigenvalue weighted by molar-refractivity contribution is 6.32. The van der Waals surface area contributed by atoms with Crippen molar-refractivity contribution in [2.45, 2.75) is 0 Å². The van der Waals surface area contributed by atoms with Gasteiger partial charge in [0.1, 0.15) is 5.02 Å². The monoisotopic (exact) mass is 244 g/mol. The molecule has 3 aromatic rings. The van der Waals surface area contributed by atoms with Gasteiger partial charge in [-0.2, -0.15) is 0 Å². The molecule has 0 amide bonds. The molecule has 4 nitrogen and oxygen atoms in total. The maximum absolute atomic E-state index is 5.86. The average Bonchev–Trinajstić information content (AvgIpc) is 2.69. The number of benzene rings is 1. The predicted octanol–water partition coefficient (Wildman–Crippen LogP) is 2.66. The second-order valence-electron chi connectivity index (χ2n) is 3.67. The Bertz CT molecular complexity index is 670. The SMILES string of the molecule is Nc1nn(-c2ccc3ccccc3n2)cc1Cl. The molecule has 0 bridgehead atoms. The second-order valence-corrected chi connectivity index (χ2v) is 4.08. The van der Waals surface area contributed by atoms with Gasteiger partial charge in [0.15, 0.2) is 11.6 Å². The molecule has 1 aromatic carbocycles. The van der Waals surface area contributed by atoms with Gasteiger partial charge in [-0.3, -0.25) is 0 Å². The van der Waals surface area contributed by atoms with E-state index in [0.29, 0.717) is 16.7 Å². The fourth-order valence-electron chi connectivity index (χ4n) is 1.67. The van der Waals surface area contributed by atoms with Crippen LogP contribution in [0.4, 0.5) is 5.82 Å². The summed E-state index contributed by atoms with van der Waals surface area (Å²) in [4.78, 5) is 4.49. The van der Waals surface area contributed by atoms with Gasteiger partial charge in [-0.25, -0.2) is 9.67 Å². The molecule has 0 fully saturated rings. The van der Waals surface area contributed by atoms with E-state index in [9.17, 15) is 0 Å². The number of rotatable bonds is 1. The van der Waals surface area contributed by atoms with E-state index in [4.69, 9.17) is 17.3 Å². The van der Waals surface area contributed by atoms with Gasteiger partial charge in [-0.1, -0.05) is 29.8 Å². The normalized spacial score (nSPS) is 10.9. The van der Waals surface area contributed by atoms with Crippen molar-refractivity contribution in [1.82, 2.24) is 14.8 Å². The third-order valence-electron chi connectivity index (χ3n) is 2.51. The van der Waals surface area contributed by atoms with Gasteiger partial charge < -0.3 is 5.73 Å². The summed E-state index contributed by atoms with van der Waals surface area (Å²) in [5.74, 6) is 1.00. The van der Waals surface area contributed by atoms with Crippen LogP contribution in [0, 0.1) is 0 Å². The lowest BCUT2D eigenvalue weighted by molar-refractivity contribution is 0.857. The smallest absolute Gasteiger partial charge is 0.164 e. The summed E-state index contributed by atoms with van der Waals surface area (Å²) in [6.45, 7) is 0. The van der Waals surface area contributed by atoms with Crippen LogP contribution >= 0.6 is 11.6 Å². The molecule has 0 unspecified atom stereocenters. The highest BCUT2D eigenvalue weighted by Crippen LogP contribution is 2.19. The molecule has 0 aliphatic heterocycles. The van der Waals surface area contributed by atoms with E-state index in [-0.39, 0.29) is 0 Å². The van der Waals surface area contributed by atoms with E-state index >= 15 is 0 Å². The molecular weight excluding hydrogens is 236 g/mol. The van der Waals surface area contributed by atoms with E-state index in [0.717, 1.165) is 10.9 Å². The van der Waals surface area contributed by atoms with Gasteiger partial charge in [0.25, 0.3) is 0 Å². The first-order valence-corrected chi connectivity index (χ1v) is 5.48. The molecule has 0 atom stereocenters. The van der Waals surface area contributed by atoms with Crippen molar-refractivity contribution < 1.29 is 0 Å². The summed E-state index contributed by atoms with van der Waals surface area (Å²) >= 11 is 5.86. The number of hydrogen-bond donors (Lipinski definition) is 1. The van der Waals surface area contributed by atoms with Crippen LogP contribution in [-0.2, 0) is 0 Å². The lowest BCUT2D eigenvalue weighted by Gasteiger charge is -2.02. The predicted molar refractivity (Wildman–Crippen MR) is 68.3 cm³/mol. The number of anilines is 1. The van der Waals surface area contributed by atoms with Crippen molar-refractivity contribution in [2.75, 3.05) is 5.73 Å².